The molecule has 1 N–H and O–H groups in total. The lowest BCUT2D eigenvalue weighted by Gasteiger charge is -2.11. The fourth-order valence-corrected chi connectivity index (χ4v) is 2.84. The molecule has 0 amide bonds. The fourth-order valence-electron chi connectivity index (χ4n) is 2.84. The number of nitrogens with one attached hydrogen (secondary N) is 1. The Morgan fingerprint density at radius 2 is 2.24 bits per heavy atom. The fraction of sp³-hybridized carbons (Fsp3) is 0.538. The van der Waals surface area contributed by atoms with Crippen LogP contribution >= 0.6 is 0 Å². The van der Waals surface area contributed by atoms with Crippen LogP contribution in [-0.2, 0) is 0 Å². The maximum absolute atomic E-state index is 4.84. The van der Waals surface area contributed by atoms with E-state index in [1.54, 1.807) is 0 Å². The van der Waals surface area contributed by atoms with E-state index in [0.29, 0.717) is 12.0 Å². The Balaban J connectivity index is 1.91. The van der Waals surface area contributed by atoms with Crippen molar-refractivity contribution in [3.8, 4) is 0 Å². The maximum Gasteiger partial charge on any atom is 0.114 e. The van der Waals surface area contributed by atoms with Gasteiger partial charge >= 0.3 is 0 Å². The molecule has 2 aromatic rings. The molecule has 4 heteroatoms. The van der Waals surface area contributed by atoms with Crippen LogP contribution in [0.4, 0.5) is 0 Å². The second-order valence-corrected chi connectivity index (χ2v) is 5.13. The van der Waals surface area contributed by atoms with Crippen molar-refractivity contribution in [2.45, 2.75) is 31.2 Å². The number of hydrogen-bond acceptors (Lipinski definition) is 3. The van der Waals surface area contributed by atoms with E-state index in [2.05, 4.69) is 14.9 Å². The predicted molar refractivity (Wildman–Crippen MR) is 66.0 cm³/mol. The predicted octanol–water partition coefficient (Wildman–Crippen LogP) is 1.84. The Kier molecular flexibility index (Phi) is 1.99. The highest BCUT2D eigenvalue weighted by Crippen LogP contribution is 2.40. The summed E-state index contributed by atoms with van der Waals surface area (Å²) in [4.78, 5) is 9.09. The van der Waals surface area contributed by atoms with Crippen LogP contribution in [0.5, 0.6) is 0 Å². The first-order chi connectivity index (χ1) is 8.43. The molecule has 0 bridgehead atoms. The van der Waals surface area contributed by atoms with Gasteiger partial charge in [0.25, 0.3) is 0 Å². The van der Waals surface area contributed by atoms with Gasteiger partial charge in [-0.1, -0.05) is 0 Å². The van der Waals surface area contributed by atoms with Crippen molar-refractivity contribution < 1.29 is 0 Å². The second-order valence-electron chi connectivity index (χ2n) is 5.13. The molecule has 2 aliphatic rings. The zero-order valence-electron chi connectivity index (χ0n) is 9.76. The lowest BCUT2D eigenvalue weighted by atomic mass is 10.1. The molecule has 1 aliphatic heterocycles. The van der Waals surface area contributed by atoms with Crippen LogP contribution in [0.25, 0.3) is 11.0 Å². The van der Waals surface area contributed by atoms with Crippen LogP contribution in [0.1, 0.15) is 37.0 Å². The summed E-state index contributed by atoms with van der Waals surface area (Å²) >= 11 is 0. The van der Waals surface area contributed by atoms with Gasteiger partial charge in [0.15, 0.2) is 0 Å². The Morgan fingerprint density at radius 3 is 3.00 bits per heavy atom. The summed E-state index contributed by atoms with van der Waals surface area (Å²) in [5.74, 6) is 1.86. The molecule has 1 atom stereocenters. The zero-order valence-corrected chi connectivity index (χ0v) is 9.76. The van der Waals surface area contributed by atoms with Gasteiger partial charge in [-0.25, -0.2) is 4.98 Å². The molecule has 88 valence electrons. The van der Waals surface area contributed by atoms with Gasteiger partial charge < -0.3 is 9.88 Å². The summed E-state index contributed by atoms with van der Waals surface area (Å²) in [6.07, 6.45) is 7.61. The Bertz CT molecular complexity index is 550. The zero-order chi connectivity index (χ0) is 11.2. The third kappa shape index (κ3) is 1.47. The molecule has 3 heterocycles. The highest BCUT2D eigenvalue weighted by Gasteiger charge is 2.31. The van der Waals surface area contributed by atoms with Gasteiger partial charge in [-0.05, 0) is 31.9 Å². The molecule has 4 rings (SSSR count). The van der Waals surface area contributed by atoms with E-state index >= 15 is 0 Å². The first-order valence-corrected chi connectivity index (χ1v) is 6.46. The Labute approximate surface area is 100 Å². The summed E-state index contributed by atoms with van der Waals surface area (Å²) in [7, 11) is 0. The largest absolute Gasteiger partial charge is 0.323 e. The number of nitrogens with zero attached hydrogens (tertiary/aromatic N) is 3. The molecule has 1 saturated heterocycles. The van der Waals surface area contributed by atoms with E-state index in [0.717, 1.165) is 18.6 Å². The molecular weight excluding hydrogens is 212 g/mol. The number of fused-ring (bicyclic) bond motifs is 1. The summed E-state index contributed by atoms with van der Waals surface area (Å²) < 4.78 is 2.44. The van der Waals surface area contributed by atoms with Crippen molar-refractivity contribution in [1.82, 2.24) is 19.9 Å². The maximum atomic E-state index is 4.84. The van der Waals surface area contributed by atoms with Crippen LogP contribution in [0.3, 0.4) is 0 Å². The van der Waals surface area contributed by atoms with E-state index in [1.807, 2.05) is 18.5 Å². The van der Waals surface area contributed by atoms with Crippen LogP contribution < -0.4 is 5.32 Å². The smallest absolute Gasteiger partial charge is 0.114 e. The van der Waals surface area contributed by atoms with Gasteiger partial charge in [-0.3, -0.25) is 4.98 Å². The second kappa shape index (κ2) is 3.53. The highest BCUT2D eigenvalue weighted by atomic mass is 15.1. The van der Waals surface area contributed by atoms with Gasteiger partial charge in [-0.15, -0.1) is 0 Å². The Hall–Kier alpha value is -1.42. The van der Waals surface area contributed by atoms with E-state index < -0.39 is 0 Å². The topological polar surface area (TPSA) is 42.7 Å². The van der Waals surface area contributed by atoms with Crippen LogP contribution in [-0.4, -0.2) is 27.6 Å². The van der Waals surface area contributed by atoms with E-state index in [-0.39, 0.29) is 0 Å². The summed E-state index contributed by atoms with van der Waals surface area (Å²) in [6.45, 7) is 2.19. The number of imidazole rings is 1. The number of aromatic nitrogens is 3. The van der Waals surface area contributed by atoms with Crippen molar-refractivity contribution in [2.75, 3.05) is 13.1 Å². The number of pyridine rings is 1. The minimum absolute atomic E-state index is 0.586. The normalized spacial score (nSPS) is 24.6. The van der Waals surface area contributed by atoms with Gasteiger partial charge in [0, 0.05) is 24.7 Å². The average molecular weight is 228 g/mol. The third-order valence-electron chi connectivity index (χ3n) is 3.86. The molecule has 1 aliphatic carbocycles. The summed E-state index contributed by atoms with van der Waals surface area (Å²) in [5, 5.41) is 3.43. The van der Waals surface area contributed by atoms with Crippen molar-refractivity contribution in [2.24, 2.45) is 0 Å². The lowest BCUT2D eigenvalue weighted by molar-refractivity contribution is 0.622. The molecule has 4 nitrogen and oxygen atoms in total. The van der Waals surface area contributed by atoms with Gasteiger partial charge in [-0.2, -0.15) is 0 Å². The molecule has 0 aromatic carbocycles. The Morgan fingerprint density at radius 1 is 1.29 bits per heavy atom. The first-order valence-electron chi connectivity index (χ1n) is 6.46. The quantitative estimate of drug-likeness (QED) is 0.853. The van der Waals surface area contributed by atoms with Crippen molar-refractivity contribution in [3.05, 3.63) is 24.3 Å². The average Bonchev–Trinajstić information content (AvgIpc) is 2.94. The first kappa shape index (κ1) is 9.59. The SMILES string of the molecule is c1cc2nc(C3CCNC3)n(C3CC3)c2cn1. The van der Waals surface area contributed by atoms with Crippen LogP contribution in [0.2, 0.25) is 0 Å². The van der Waals surface area contributed by atoms with Crippen molar-refractivity contribution >= 4 is 11.0 Å². The molecule has 17 heavy (non-hydrogen) atoms. The molecule has 2 fully saturated rings. The molecular formula is C13H16N4. The lowest BCUT2D eigenvalue weighted by Crippen LogP contribution is -2.12. The van der Waals surface area contributed by atoms with E-state index in [1.165, 1.54) is 30.6 Å². The molecule has 2 aromatic heterocycles. The number of rotatable bonds is 2. The molecule has 1 unspecified atom stereocenters. The van der Waals surface area contributed by atoms with E-state index in [9.17, 15) is 0 Å². The molecule has 1 saturated carbocycles. The standard InChI is InChI=1S/C13H16N4/c1-2-10(1)17-12-8-15-6-4-11(12)16-13(17)9-3-5-14-7-9/h4,6,8-10,14H,1-3,5,7H2. The van der Waals surface area contributed by atoms with Crippen molar-refractivity contribution in [1.29, 1.82) is 0 Å². The van der Waals surface area contributed by atoms with E-state index in [4.69, 9.17) is 4.98 Å². The third-order valence-corrected chi connectivity index (χ3v) is 3.86. The highest BCUT2D eigenvalue weighted by molar-refractivity contribution is 5.75. The van der Waals surface area contributed by atoms with Gasteiger partial charge in [0.05, 0.1) is 17.2 Å². The monoisotopic (exact) mass is 228 g/mol. The van der Waals surface area contributed by atoms with Crippen molar-refractivity contribution in [3.63, 3.8) is 0 Å². The molecule has 0 spiro atoms. The minimum Gasteiger partial charge on any atom is -0.323 e. The van der Waals surface area contributed by atoms with Gasteiger partial charge in [0.2, 0.25) is 0 Å². The minimum atomic E-state index is 0.586. The molecule has 0 radical (unpaired) electrons. The number of hydrogen-bond donors (Lipinski definition) is 1. The van der Waals surface area contributed by atoms with Gasteiger partial charge in [0.1, 0.15) is 5.82 Å². The summed E-state index contributed by atoms with van der Waals surface area (Å²) in [6, 6.07) is 2.71. The summed E-state index contributed by atoms with van der Waals surface area (Å²) in [5.41, 5.74) is 2.32. The van der Waals surface area contributed by atoms with Crippen LogP contribution in [0.15, 0.2) is 18.5 Å². The van der Waals surface area contributed by atoms with Crippen LogP contribution in [0, 0.1) is 0 Å².